The number of aliphatic hydroxyl groups is 1. The lowest BCUT2D eigenvalue weighted by Crippen LogP contribution is -2.59. The van der Waals surface area contributed by atoms with Crippen LogP contribution in [0.3, 0.4) is 0 Å². The minimum Gasteiger partial charge on any atom is -0.494 e. The lowest BCUT2D eigenvalue weighted by Gasteiger charge is -2.39. The average Bonchev–Trinajstić information content (AvgIpc) is 3.69. The summed E-state index contributed by atoms with van der Waals surface area (Å²) in [5.74, 6) is -1.81. The molecule has 1 spiro atoms. The fraction of sp³-hybridized carbons (Fsp3) is 0.472. The Bertz CT molecular complexity index is 1450. The van der Waals surface area contributed by atoms with Crippen LogP contribution >= 0.6 is 11.6 Å². The number of carbonyl (C=O) groups is 3. The summed E-state index contributed by atoms with van der Waals surface area (Å²) in [5, 5.41) is 11.2. The van der Waals surface area contributed by atoms with E-state index < -0.39 is 35.6 Å². The molecule has 9 nitrogen and oxygen atoms in total. The summed E-state index contributed by atoms with van der Waals surface area (Å²) in [5.41, 5.74) is 0.0143. The summed E-state index contributed by atoms with van der Waals surface area (Å²) in [4.78, 5) is 48.8. The highest BCUT2D eigenvalue weighted by Gasteiger charge is 2.75. The van der Waals surface area contributed by atoms with Crippen LogP contribution in [0.5, 0.6) is 5.75 Å². The first kappa shape index (κ1) is 33.7. The summed E-state index contributed by atoms with van der Waals surface area (Å²) in [7, 11) is 0. The molecule has 0 aromatic heterocycles. The van der Waals surface area contributed by atoms with Crippen molar-refractivity contribution in [1.29, 1.82) is 0 Å². The van der Waals surface area contributed by atoms with Crippen LogP contribution in [0.15, 0.2) is 73.8 Å². The van der Waals surface area contributed by atoms with Gasteiger partial charge in [0.2, 0.25) is 11.8 Å². The maximum absolute atomic E-state index is 14.8. The molecule has 3 aliphatic heterocycles. The van der Waals surface area contributed by atoms with Gasteiger partial charge in [-0.25, -0.2) is 0 Å². The van der Waals surface area contributed by atoms with Gasteiger partial charge in [-0.2, -0.15) is 0 Å². The molecular formula is C36H44ClN3O6. The van der Waals surface area contributed by atoms with Gasteiger partial charge in [-0.15, -0.1) is 13.2 Å². The Hall–Kier alpha value is -3.66. The Balaban J connectivity index is 1.57. The molecule has 2 unspecified atom stereocenters. The maximum atomic E-state index is 14.8. The molecule has 3 aliphatic rings. The highest BCUT2D eigenvalue weighted by molar-refractivity contribution is 6.30. The number of carbonyl (C=O) groups excluding carboxylic acids is 3. The molecule has 3 saturated heterocycles. The quantitative estimate of drug-likeness (QED) is 0.281. The fourth-order valence-electron chi connectivity index (χ4n) is 7.61. The predicted octanol–water partition coefficient (Wildman–Crippen LogP) is 5.26. The molecule has 2 aromatic rings. The third-order valence-corrected chi connectivity index (χ3v) is 9.61. The van der Waals surface area contributed by atoms with Crippen LogP contribution in [-0.4, -0.2) is 77.8 Å². The smallest absolute Gasteiger partial charge is 0.253 e. The minimum atomic E-state index is -1.23. The van der Waals surface area contributed by atoms with Gasteiger partial charge >= 0.3 is 0 Å². The molecular weight excluding hydrogens is 606 g/mol. The standard InChI is InChI=1S/C36H44ClN3O6/c1-6-19-38(26-13-15-28(16-14-26)45-8-3)33(42)30-29-17-18-36(46-29)31(30)34(43)40(27(22-41)21-23(4)5)32(36)35(44)39(20-7-2)25-11-9-24(37)10-12-25/h6-7,9-16,23,27,29-32,41H,1-2,8,17-22H2,3-5H3/t27-,29-,30+,31+,32?,36?/m1/s1. The number of aliphatic hydroxyl groups excluding tert-OH is 1. The number of fused-ring (bicyclic) bond motifs is 1. The number of halogens is 1. The zero-order valence-electron chi connectivity index (χ0n) is 26.8. The van der Waals surface area contributed by atoms with E-state index in [0.29, 0.717) is 48.0 Å². The summed E-state index contributed by atoms with van der Waals surface area (Å²) < 4.78 is 12.3. The van der Waals surface area contributed by atoms with E-state index in [2.05, 4.69) is 13.2 Å². The van der Waals surface area contributed by atoms with Crippen molar-refractivity contribution >= 4 is 40.7 Å². The van der Waals surface area contributed by atoms with E-state index in [0.717, 1.165) is 0 Å². The molecule has 2 bridgehead atoms. The first-order chi connectivity index (χ1) is 22.1. The van der Waals surface area contributed by atoms with Crippen molar-refractivity contribution in [1.82, 2.24) is 4.90 Å². The normalized spacial score (nSPS) is 25.3. The molecule has 5 rings (SSSR count). The van der Waals surface area contributed by atoms with E-state index >= 15 is 0 Å². The lowest BCUT2D eigenvalue weighted by molar-refractivity contribution is -0.144. The molecule has 46 heavy (non-hydrogen) atoms. The monoisotopic (exact) mass is 649 g/mol. The highest BCUT2D eigenvalue weighted by Crippen LogP contribution is 2.59. The van der Waals surface area contributed by atoms with Crippen LogP contribution in [0.2, 0.25) is 5.02 Å². The molecule has 10 heteroatoms. The molecule has 246 valence electrons. The van der Waals surface area contributed by atoms with E-state index in [1.807, 2.05) is 32.9 Å². The van der Waals surface area contributed by atoms with Crippen LogP contribution in [0, 0.1) is 17.8 Å². The van der Waals surface area contributed by atoms with Gasteiger partial charge in [-0.05, 0) is 80.6 Å². The van der Waals surface area contributed by atoms with E-state index in [1.165, 1.54) is 4.90 Å². The van der Waals surface area contributed by atoms with Crippen molar-refractivity contribution in [2.45, 2.75) is 63.8 Å². The van der Waals surface area contributed by atoms with Crippen molar-refractivity contribution in [2.75, 3.05) is 36.1 Å². The number of amides is 3. The number of hydrogen-bond acceptors (Lipinski definition) is 6. The van der Waals surface area contributed by atoms with Gasteiger partial charge in [-0.1, -0.05) is 37.6 Å². The van der Waals surface area contributed by atoms with Gasteiger partial charge in [0.05, 0.1) is 37.2 Å². The number of hydrogen-bond donors (Lipinski definition) is 1. The minimum absolute atomic E-state index is 0.136. The lowest BCUT2D eigenvalue weighted by atomic mass is 9.70. The van der Waals surface area contributed by atoms with Crippen molar-refractivity contribution < 1.29 is 29.0 Å². The average molecular weight is 650 g/mol. The molecule has 3 amide bonds. The summed E-state index contributed by atoms with van der Waals surface area (Å²) >= 11 is 6.16. The van der Waals surface area contributed by atoms with Gasteiger partial charge in [-0.3, -0.25) is 14.4 Å². The Morgan fingerprint density at radius 1 is 1.07 bits per heavy atom. The fourth-order valence-corrected chi connectivity index (χ4v) is 7.73. The second kappa shape index (κ2) is 14.0. The highest BCUT2D eigenvalue weighted by atomic mass is 35.5. The van der Waals surface area contributed by atoms with Crippen LogP contribution in [0.1, 0.15) is 40.0 Å². The van der Waals surface area contributed by atoms with Crippen molar-refractivity contribution in [3.05, 3.63) is 78.9 Å². The van der Waals surface area contributed by atoms with Crippen LogP contribution in [-0.2, 0) is 19.1 Å². The molecule has 1 N–H and O–H groups in total. The van der Waals surface area contributed by atoms with Gasteiger partial charge in [0.15, 0.2) is 0 Å². The molecule has 6 atom stereocenters. The first-order valence-corrected chi connectivity index (χ1v) is 16.4. The SMILES string of the molecule is C=CCN(C(=O)C1N([C@@H](CO)CC(C)C)C(=O)[C@@H]2[C@@H](C(=O)N(CC=C)c3ccc(OCC)cc3)[C@H]3CCC12O3)c1ccc(Cl)cc1. The number of rotatable bonds is 14. The zero-order chi connectivity index (χ0) is 33.2. The number of anilines is 2. The molecule has 3 fully saturated rings. The summed E-state index contributed by atoms with van der Waals surface area (Å²) in [6.45, 7) is 14.3. The van der Waals surface area contributed by atoms with Crippen molar-refractivity contribution in [2.24, 2.45) is 17.8 Å². The Morgan fingerprint density at radius 2 is 1.65 bits per heavy atom. The van der Waals surface area contributed by atoms with Gasteiger partial charge < -0.3 is 29.3 Å². The van der Waals surface area contributed by atoms with Crippen molar-refractivity contribution in [3.8, 4) is 5.75 Å². The summed E-state index contributed by atoms with van der Waals surface area (Å²) in [6.07, 6.45) is 4.20. The second-order valence-electron chi connectivity index (χ2n) is 12.6. The van der Waals surface area contributed by atoms with Crippen molar-refractivity contribution in [3.63, 3.8) is 0 Å². The Morgan fingerprint density at radius 3 is 2.20 bits per heavy atom. The van der Waals surface area contributed by atoms with Gasteiger partial charge in [0.1, 0.15) is 17.4 Å². The molecule has 0 radical (unpaired) electrons. The van der Waals surface area contributed by atoms with Crippen LogP contribution in [0.4, 0.5) is 11.4 Å². The first-order valence-electron chi connectivity index (χ1n) is 16.1. The predicted molar refractivity (Wildman–Crippen MR) is 179 cm³/mol. The number of ether oxygens (including phenoxy) is 2. The maximum Gasteiger partial charge on any atom is 0.253 e. The topological polar surface area (TPSA) is 99.6 Å². The van der Waals surface area contributed by atoms with Crippen LogP contribution < -0.4 is 14.5 Å². The number of nitrogens with zero attached hydrogens (tertiary/aromatic N) is 3. The Labute approximate surface area is 276 Å². The summed E-state index contributed by atoms with van der Waals surface area (Å²) in [6, 6.07) is 12.5. The van der Waals surface area contributed by atoms with E-state index in [9.17, 15) is 19.5 Å². The van der Waals surface area contributed by atoms with Crippen LogP contribution in [0.25, 0.3) is 0 Å². The third kappa shape index (κ3) is 5.96. The van der Waals surface area contributed by atoms with Gasteiger partial charge in [0.25, 0.3) is 5.91 Å². The molecule has 0 aliphatic carbocycles. The van der Waals surface area contributed by atoms with E-state index in [1.54, 1.807) is 58.4 Å². The van der Waals surface area contributed by atoms with E-state index in [4.69, 9.17) is 21.1 Å². The van der Waals surface area contributed by atoms with Gasteiger partial charge in [0, 0.05) is 29.5 Å². The molecule has 3 heterocycles. The zero-order valence-corrected chi connectivity index (χ0v) is 27.6. The number of benzene rings is 2. The Kier molecular flexibility index (Phi) is 10.2. The number of likely N-dealkylation sites (tertiary alicyclic amines) is 1. The molecule has 0 saturated carbocycles. The largest absolute Gasteiger partial charge is 0.494 e. The third-order valence-electron chi connectivity index (χ3n) is 9.36. The second-order valence-corrected chi connectivity index (χ2v) is 13.1. The molecule has 2 aromatic carbocycles. The van der Waals surface area contributed by atoms with E-state index in [-0.39, 0.29) is 43.3 Å².